The summed E-state index contributed by atoms with van der Waals surface area (Å²) in [6.45, 7) is 3.43. The Labute approximate surface area is 202 Å². The summed E-state index contributed by atoms with van der Waals surface area (Å²) in [5.41, 5.74) is 1.01. The van der Waals surface area contributed by atoms with E-state index in [1.54, 1.807) is 24.1 Å². The number of aromatic nitrogens is 2. The molecule has 4 rings (SSSR count). The zero-order valence-electron chi connectivity index (χ0n) is 19.1. The summed E-state index contributed by atoms with van der Waals surface area (Å²) in [4.78, 5) is 14.8. The quantitative estimate of drug-likeness (QED) is 0.522. The van der Waals surface area contributed by atoms with Crippen molar-refractivity contribution in [3.8, 4) is 22.1 Å². The molecule has 0 bridgehead atoms. The van der Waals surface area contributed by atoms with Crippen LogP contribution in [0.2, 0.25) is 0 Å². The topological polar surface area (TPSA) is 111 Å². The van der Waals surface area contributed by atoms with Crippen molar-refractivity contribution in [2.75, 3.05) is 32.0 Å². The van der Waals surface area contributed by atoms with Crippen LogP contribution in [0.25, 0.3) is 10.6 Å². The number of piperidine rings is 1. The minimum Gasteiger partial charge on any atom is -0.497 e. The van der Waals surface area contributed by atoms with Gasteiger partial charge in [-0.15, -0.1) is 10.2 Å². The number of benzene rings is 2. The number of hydrogen-bond donors (Lipinski definition) is 1. The normalized spacial score (nSPS) is 14.6. The molecule has 9 nitrogen and oxygen atoms in total. The molecule has 1 saturated heterocycles. The van der Waals surface area contributed by atoms with Gasteiger partial charge in [0.25, 0.3) is 15.9 Å². The van der Waals surface area contributed by atoms with Crippen LogP contribution in [0.4, 0.5) is 5.13 Å². The first-order chi connectivity index (χ1) is 16.3. The van der Waals surface area contributed by atoms with Gasteiger partial charge in [-0.25, -0.2) is 8.42 Å². The molecule has 0 atom stereocenters. The molecule has 1 aliphatic heterocycles. The van der Waals surface area contributed by atoms with Gasteiger partial charge in [-0.3, -0.25) is 9.52 Å². The van der Waals surface area contributed by atoms with Gasteiger partial charge in [-0.05, 0) is 61.2 Å². The van der Waals surface area contributed by atoms with E-state index >= 15 is 0 Å². The second kappa shape index (κ2) is 9.98. The molecular weight excluding hydrogens is 476 g/mol. The van der Waals surface area contributed by atoms with Crippen LogP contribution in [0, 0.1) is 5.92 Å². The molecule has 180 valence electrons. The third-order valence-electron chi connectivity index (χ3n) is 5.77. The first-order valence-corrected chi connectivity index (χ1v) is 13.1. The lowest BCUT2D eigenvalue weighted by Gasteiger charge is -2.30. The van der Waals surface area contributed by atoms with Gasteiger partial charge >= 0.3 is 0 Å². The van der Waals surface area contributed by atoms with Crippen LogP contribution < -0.4 is 14.2 Å². The van der Waals surface area contributed by atoms with E-state index < -0.39 is 10.0 Å². The van der Waals surface area contributed by atoms with Crippen molar-refractivity contribution in [2.24, 2.45) is 5.92 Å². The summed E-state index contributed by atoms with van der Waals surface area (Å²) in [6.07, 6.45) is 1.84. The third kappa shape index (κ3) is 5.15. The van der Waals surface area contributed by atoms with Crippen LogP contribution >= 0.6 is 11.3 Å². The molecule has 11 heteroatoms. The monoisotopic (exact) mass is 502 g/mol. The number of methoxy groups -OCH3 is 2. The van der Waals surface area contributed by atoms with Crippen molar-refractivity contribution in [3.63, 3.8) is 0 Å². The summed E-state index contributed by atoms with van der Waals surface area (Å²) >= 11 is 1.11. The molecule has 1 aromatic heterocycles. The molecule has 0 spiro atoms. The molecule has 0 saturated carbocycles. The standard InChI is InChI=1S/C23H26N4O5S2/c1-15-10-12-27(13-11-15)22(28)19-14-18(8-9-20(19)32-3)34(29,30)26-23-25-24-21(33-23)16-4-6-17(31-2)7-5-16/h4-9,14-15H,10-13H2,1-3H3,(H,25,26). The minimum absolute atomic E-state index is 0.0526. The van der Waals surface area contributed by atoms with Crippen molar-refractivity contribution in [2.45, 2.75) is 24.7 Å². The molecule has 34 heavy (non-hydrogen) atoms. The Kier molecular flexibility index (Phi) is 7.03. The molecule has 1 aliphatic rings. The number of nitrogens with one attached hydrogen (secondary N) is 1. The van der Waals surface area contributed by atoms with E-state index in [0.717, 1.165) is 29.7 Å². The van der Waals surface area contributed by atoms with Gasteiger partial charge in [-0.2, -0.15) is 0 Å². The summed E-state index contributed by atoms with van der Waals surface area (Å²) < 4.78 is 39.1. The second-order valence-corrected chi connectivity index (χ2v) is 10.7. The summed E-state index contributed by atoms with van der Waals surface area (Å²) in [6, 6.07) is 11.5. The van der Waals surface area contributed by atoms with Gasteiger partial charge < -0.3 is 14.4 Å². The molecular formula is C23H26N4O5S2. The van der Waals surface area contributed by atoms with Gasteiger partial charge in [-0.1, -0.05) is 18.3 Å². The van der Waals surface area contributed by atoms with Gasteiger partial charge in [0.1, 0.15) is 16.5 Å². The maximum Gasteiger partial charge on any atom is 0.263 e. The van der Waals surface area contributed by atoms with Crippen LogP contribution in [0.1, 0.15) is 30.1 Å². The Morgan fingerprint density at radius 2 is 1.76 bits per heavy atom. The Morgan fingerprint density at radius 1 is 1.06 bits per heavy atom. The van der Waals surface area contributed by atoms with Crippen molar-refractivity contribution >= 4 is 32.4 Å². The molecule has 0 aliphatic carbocycles. The number of nitrogens with zero attached hydrogens (tertiary/aromatic N) is 3. The van der Waals surface area contributed by atoms with Crippen molar-refractivity contribution in [3.05, 3.63) is 48.0 Å². The van der Waals surface area contributed by atoms with E-state index in [1.807, 2.05) is 12.1 Å². The van der Waals surface area contributed by atoms with Gasteiger partial charge in [0, 0.05) is 18.7 Å². The first-order valence-electron chi connectivity index (χ1n) is 10.8. The van der Waals surface area contributed by atoms with Crippen molar-refractivity contribution in [1.29, 1.82) is 0 Å². The fourth-order valence-electron chi connectivity index (χ4n) is 3.69. The highest BCUT2D eigenvalue weighted by molar-refractivity contribution is 7.93. The Hall–Kier alpha value is -3.18. The molecule has 0 radical (unpaired) electrons. The number of ether oxygens (including phenoxy) is 2. The Bertz CT molecular complexity index is 1270. The number of anilines is 1. The zero-order valence-corrected chi connectivity index (χ0v) is 20.8. The number of carbonyl (C=O) groups excluding carboxylic acids is 1. The van der Waals surface area contributed by atoms with Crippen molar-refractivity contribution in [1.82, 2.24) is 15.1 Å². The predicted octanol–water partition coefficient (Wildman–Crippen LogP) is 3.90. The van der Waals surface area contributed by atoms with E-state index in [4.69, 9.17) is 9.47 Å². The predicted molar refractivity (Wildman–Crippen MR) is 130 cm³/mol. The van der Waals surface area contributed by atoms with Crippen LogP contribution in [-0.4, -0.2) is 56.7 Å². The highest BCUT2D eigenvalue weighted by Crippen LogP contribution is 2.30. The minimum atomic E-state index is -4.00. The average molecular weight is 503 g/mol. The van der Waals surface area contributed by atoms with Gasteiger partial charge in [0.15, 0.2) is 0 Å². The SMILES string of the molecule is COc1ccc(-c2nnc(NS(=O)(=O)c3ccc(OC)c(C(=O)N4CCC(C)CC4)c3)s2)cc1. The van der Waals surface area contributed by atoms with Crippen molar-refractivity contribution < 1.29 is 22.7 Å². The smallest absolute Gasteiger partial charge is 0.263 e. The highest BCUT2D eigenvalue weighted by atomic mass is 32.2. The Morgan fingerprint density at radius 3 is 2.41 bits per heavy atom. The van der Waals surface area contributed by atoms with E-state index in [0.29, 0.717) is 35.5 Å². The van der Waals surface area contributed by atoms with E-state index in [-0.39, 0.29) is 21.5 Å². The lowest BCUT2D eigenvalue weighted by molar-refractivity contribution is 0.0693. The Balaban J connectivity index is 1.56. The fourth-order valence-corrected chi connectivity index (χ4v) is 5.70. The number of amides is 1. The lowest BCUT2D eigenvalue weighted by Crippen LogP contribution is -2.38. The summed E-state index contributed by atoms with van der Waals surface area (Å²) in [7, 11) is -0.963. The maximum absolute atomic E-state index is 13.1. The van der Waals surface area contributed by atoms with E-state index in [1.165, 1.54) is 25.3 Å². The van der Waals surface area contributed by atoms with Crippen LogP contribution in [0.15, 0.2) is 47.4 Å². The average Bonchev–Trinajstić information content (AvgIpc) is 3.31. The van der Waals surface area contributed by atoms with Crippen LogP contribution in [-0.2, 0) is 10.0 Å². The largest absolute Gasteiger partial charge is 0.497 e. The second-order valence-electron chi connectivity index (χ2n) is 8.08. The third-order valence-corrected chi connectivity index (χ3v) is 8.12. The zero-order chi connectivity index (χ0) is 24.3. The number of rotatable bonds is 7. The number of carbonyl (C=O) groups is 1. The van der Waals surface area contributed by atoms with E-state index in [2.05, 4.69) is 21.8 Å². The first kappa shape index (κ1) is 24.0. The fraction of sp³-hybridized carbons (Fsp3) is 0.348. The molecule has 1 N–H and O–H groups in total. The molecule has 2 heterocycles. The van der Waals surface area contributed by atoms with Gasteiger partial charge in [0.05, 0.1) is 24.7 Å². The van der Waals surface area contributed by atoms with E-state index in [9.17, 15) is 13.2 Å². The van der Waals surface area contributed by atoms with Crippen LogP contribution in [0.5, 0.6) is 11.5 Å². The lowest BCUT2D eigenvalue weighted by atomic mass is 9.98. The molecule has 3 aromatic rings. The maximum atomic E-state index is 13.1. The highest BCUT2D eigenvalue weighted by Gasteiger charge is 2.26. The summed E-state index contributed by atoms with van der Waals surface area (Å²) in [5.74, 6) is 1.37. The number of hydrogen-bond acceptors (Lipinski definition) is 8. The van der Waals surface area contributed by atoms with Crippen LogP contribution in [0.3, 0.4) is 0 Å². The molecule has 1 fully saturated rings. The molecule has 1 amide bonds. The van der Waals surface area contributed by atoms with Gasteiger partial charge in [0.2, 0.25) is 5.13 Å². The summed E-state index contributed by atoms with van der Waals surface area (Å²) in [5, 5.41) is 8.73. The number of sulfonamides is 1. The number of likely N-dealkylation sites (tertiary alicyclic amines) is 1. The molecule has 2 aromatic carbocycles. The molecule has 0 unspecified atom stereocenters.